The van der Waals surface area contributed by atoms with Crippen molar-refractivity contribution in [3.8, 4) is 11.5 Å². The normalized spacial score (nSPS) is 12.5. The van der Waals surface area contributed by atoms with Crippen LogP contribution in [0.15, 0.2) is 59.6 Å². The summed E-state index contributed by atoms with van der Waals surface area (Å²) < 4.78 is 11.6. The quantitative estimate of drug-likeness (QED) is 0.638. The van der Waals surface area contributed by atoms with Gasteiger partial charge in [0.2, 0.25) is 0 Å². The van der Waals surface area contributed by atoms with E-state index in [4.69, 9.17) is 14.5 Å². The van der Waals surface area contributed by atoms with Crippen LogP contribution < -0.4 is 14.8 Å². The van der Waals surface area contributed by atoms with Gasteiger partial charge in [-0.05, 0) is 49.1 Å². The number of anilines is 1. The van der Waals surface area contributed by atoms with E-state index in [0.717, 1.165) is 46.1 Å². The monoisotopic (exact) mass is 346 g/mol. The summed E-state index contributed by atoms with van der Waals surface area (Å²) in [6.45, 7) is 5.33. The molecule has 1 N–H and O–H groups in total. The molecule has 3 aromatic rings. The molecule has 1 aliphatic heterocycles. The topological polar surface area (TPSA) is 42.8 Å². The molecule has 0 aliphatic carbocycles. The highest BCUT2D eigenvalue weighted by Gasteiger charge is 2.17. The minimum atomic E-state index is 0.591. The van der Waals surface area contributed by atoms with Gasteiger partial charge in [-0.1, -0.05) is 31.2 Å². The molecule has 0 aromatic heterocycles. The average Bonchev–Trinajstić information content (AvgIpc) is 2.67. The van der Waals surface area contributed by atoms with Crippen molar-refractivity contribution < 1.29 is 9.47 Å². The molecule has 0 radical (unpaired) electrons. The Morgan fingerprint density at radius 1 is 0.923 bits per heavy atom. The van der Waals surface area contributed by atoms with Crippen molar-refractivity contribution in [3.05, 3.63) is 60.2 Å². The van der Waals surface area contributed by atoms with Gasteiger partial charge in [-0.3, -0.25) is 0 Å². The Labute approximate surface area is 153 Å². The van der Waals surface area contributed by atoms with Crippen LogP contribution in [0.4, 0.5) is 11.4 Å². The Hall–Kier alpha value is -3.01. The number of aliphatic imine (C=N–C) groups is 1. The van der Waals surface area contributed by atoms with E-state index in [-0.39, 0.29) is 0 Å². The second kappa shape index (κ2) is 7.08. The summed E-state index contributed by atoms with van der Waals surface area (Å²) in [7, 11) is 0. The van der Waals surface area contributed by atoms with Gasteiger partial charge in [-0.2, -0.15) is 0 Å². The van der Waals surface area contributed by atoms with Gasteiger partial charge in [0.05, 0.1) is 18.9 Å². The number of hydrogen-bond donors (Lipinski definition) is 1. The van der Waals surface area contributed by atoms with Crippen molar-refractivity contribution in [1.29, 1.82) is 0 Å². The van der Waals surface area contributed by atoms with E-state index in [9.17, 15) is 0 Å². The molecule has 0 spiro atoms. The van der Waals surface area contributed by atoms with Crippen LogP contribution in [-0.2, 0) is 0 Å². The molecule has 4 nitrogen and oxygen atoms in total. The number of amidine groups is 1. The first kappa shape index (κ1) is 16.5. The number of hydrogen-bond acceptors (Lipinski definition) is 4. The Morgan fingerprint density at radius 2 is 1.77 bits per heavy atom. The summed E-state index contributed by atoms with van der Waals surface area (Å²) >= 11 is 0. The van der Waals surface area contributed by atoms with Crippen LogP contribution in [0.25, 0.3) is 10.8 Å². The SMILES string of the molecule is CCCOc1ccc(C2=Nc3cccc4cccc(c34)N2)cc1OCC. The van der Waals surface area contributed by atoms with E-state index in [0.29, 0.717) is 13.2 Å². The number of rotatable bonds is 6. The molecule has 1 heterocycles. The molecule has 132 valence electrons. The smallest absolute Gasteiger partial charge is 0.161 e. The predicted molar refractivity (Wildman–Crippen MR) is 107 cm³/mol. The third-order valence-corrected chi connectivity index (χ3v) is 4.35. The van der Waals surface area contributed by atoms with E-state index >= 15 is 0 Å². The molecule has 0 atom stereocenters. The Kier molecular flexibility index (Phi) is 4.48. The van der Waals surface area contributed by atoms with Gasteiger partial charge in [-0.25, -0.2) is 4.99 Å². The van der Waals surface area contributed by atoms with Crippen molar-refractivity contribution in [2.45, 2.75) is 20.3 Å². The molecule has 0 saturated carbocycles. The molecule has 4 heteroatoms. The predicted octanol–water partition coefficient (Wildman–Crippen LogP) is 5.53. The number of benzene rings is 3. The standard InChI is InChI=1S/C22H22N2O2/c1-3-13-26-19-12-11-16(14-20(19)25-4-2)22-23-17-9-5-7-15-8-6-10-18(24-22)21(15)17/h5-12,14H,3-4,13H2,1-2H3,(H,23,24). The average molecular weight is 346 g/mol. The lowest BCUT2D eigenvalue weighted by Crippen LogP contribution is -2.16. The largest absolute Gasteiger partial charge is 0.490 e. The molecule has 4 rings (SSSR count). The molecule has 0 bridgehead atoms. The van der Waals surface area contributed by atoms with E-state index in [1.807, 2.05) is 31.2 Å². The van der Waals surface area contributed by atoms with Crippen LogP contribution in [0, 0.1) is 0 Å². The molecule has 0 fully saturated rings. The maximum atomic E-state index is 5.80. The van der Waals surface area contributed by atoms with Crippen molar-refractivity contribution in [2.24, 2.45) is 4.99 Å². The minimum Gasteiger partial charge on any atom is -0.490 e. The van der Waals surface area contributed by atoms with E-state index in [2.05, 4.69) is 42.6 Å². The second-order valence-corrected chi connectivity index (χ2v) is 6.21. The van der Waals surface area contributed by atoms with E-state index < -0.39 is 0 Å². The lowest BCUT2D eigenvalue weighted by atomic mass is 10.0. The lowest BCUT2D eigenvalue weighted by Gasteiger charge is -2.20. The van der Waals surface area contributed by atoms with E-state index in [1.165, 1.54) is 5.39 Å². The summed E-state index contributed by atoms with van der Waals surface area (Å²) in [6.07, 6.45) is 0.961. The number of ether oxygens (including phenoxy) is 2. The fourth-order valence-corrected chi connectivity index (χ4v) is 3.19. The van der Waals surface area contributed by atoms with Crippen molar-refractivity contribution in [2.75, 3.05) is 18.5 Å². The fraction of sp³-hybridized carbons (Fsp3) is 0.227. The summed E-state index contributed by atoms with van der Waals surface area (Å²) in [5.41, 5.74) is 3.03. The Bertz CT molecular complexity index is 974. The van der Waals surface area contributed by atoms with Gasteiger partial charge < -0.3 is 14.8 Å². The second-order valence-electron chi connectivity index (χ2n) is 6.21. The molecule has 0 unspecified atom stereocenters. The van der Waals surface area contributed by atoms with Crippen molar-refractivity contribution >= 4 is 28.0 Å². The molecule has 26 heavy (non-hydrogen) atoms. The van der Waals surface area contributed by atoms with Crippen molar-refractivity contribution in [3.63, 3.8) is 0 Å². The first-order chi connectivity index (χ1) is 12.8. The number of nitrogens with one attached hydrogen (secondary N) is 1. The molecule has 3 aromatic carbocycles. The van der Waals surface area contributed by atoms with Crippen LogP contribution >= 0.6 is 0 Å². The van der Waals surface area contributed by atoms with Gasteiger partial charge in [0.1, 0.15) is 5.84 Å². The third-order valence-electron chi connectivity index (χ3n) is 4.35. The maximum absolute atomic E-state index is 5.80. The maximum Gasteiger partial charge on any atom is 0.161 e. The highest BCUT2D eigenvalue weighted by Crippen LogP contribution is 2.37. The van der Waals surface area contributed by atoms with Gasteiger partial charge >= 0.3 is 0 Å². The highest BCUT2D eigenvalue weighted by molar-refractivity contribution is 6.19. The lowest BCUT2D eigenvalue weighted by molar-refractivity contribution is 0.277. The summed E-state index contributed by atoms with van der Waals surface area (Å²) in [6, 6.07) is 18.4. The van der Waals surface area contributed by atoms with Crippen LogP contribution in [0.1, 0.15) is 25.8 Å². The minimum absolute atomic E-state index is 0.591. The van der Waals surface area contributed by atoms with Crippen LogP contribution in [-0.4, -0.2) is 19.0 Å². The fourth-order valence-electron chi connectivity index (χ4n) is 3.19. The molecular weight excluding hydrogens is 324 g/mol. The van der Waals surface area contributed by atoms with Crippen LogP contribution in [0.2, 0.25) is 0 Å². The molecular formula is C22H22N2O2. The first-order valence-corrected chi connectivity index (χ1v) is 9.07. The highest BCUT2D eigenvalue weighted by atomic mass is 16.5. The van der Waals surface area contributed by atoms with Gasteiger partial charge in [0.25, 0.3) is 0 Å². The number of nitrogens with zero attached hydrogens (tertiary/aromatic N) is 1. The van der Waals surface area contributed by atoms with Crippen LogP contribution in [0.5, 0.6) is 11.5 Å². The summed E-state index contributed by atoms with van der Waals surface area (Å²) in [5, 5.41) is 5.81. The summed E-state index contributed by atoms with van der Waals surface area (Å²) in [4.78, 5) is 4.84. The molecule has 1 aliphatic rings. The third kappa shape index (κ3) is 2.99. The zero-order chi connectivity index (χ0) is 17.9. The van der Waals surface area contributed by atoms with Gasteiger partial charge in [-0.15, -0.1) is 0 Å². The zero-order valence-electron chi connectivity index (χ0n) is 15.1. The Balaban J connectivity index is 1.75. The molecule has 0 amide bonds. The summed E-state index contributed by atoms with van der Waals surface area (Å²) in [5.74, 6) is 2.34. The van der Waals surface area contributed by atoms with Crippen molar-refractivity contribution in [1.82, 2.24) is 0 Å². The van der Waals surface area contributed by atoms with E-state index in [1.54, 1.807) is 0 Å². The molecule has 0 saturated heterocycles. The van der Waals surface area contributed by atoms with Gasteiger partial charge in [0, 0.05) is 16.6 Å². The Morgan fingerprint density at radius 3 is 2.58 bits per heavy atom. The van der Waals surface area contributed by atoms with Gasteiger partial charge in [0.15, 0.2) is 11.5 Å². The first-order valence-electron chi connectivity index (χ1n) is 9.07. The zero-order valence-corrected chi connectivity index (χ0v) is 15.1. The van der Waals surface area contributed by atoms with Crippen LogP contribution in [0.3, 0.4) is 0 Å².